The quantitative estimate of drug-likeness (QED) is 0.560. The standard InChI is InChI=1S/2C7H12O2/c1-5(2)7(8)9-6(3)4;1-4-5-6(2)7(8)9-3/h6H,1H2,2-4H3;2,4-5H2,1,3H3. The van der Waals surface area contributed by atoms with Crippen molar-refractivity contribution in [3.8, 4) is 0 Å². The Balaban J connectivity index is 0. The summed E-state index contributed by atoms with van der Waals surface area (Å²) in [5.41, 5.74) is 1.00. The molecule has 0 radical (unpaired) electrons. The van der Waals surface area contributed by atoms with Crippen molar-refractivity contribution in [1.82, 2.24) is 0 Å². The second-order valence-electron chi connectivity index (χ2n) is 4.08. The van der Waals surface area contributed by atoms with Gasteiger partial charge in [-0.15, -0.1) is 0 Å². The van der Waals surface area contributed by atoms with Gasteiger partial charge < -0.3 is 9.47 Å². The monoisotopic (exact) mass is 256 g/mol. The van der Waals surface area contributed by atoms with E-state index < -0.39 is 0 Å². The highest BCUT2D eigenvalue weighted by Crippen LogP contribution is 2.02. The van der Waals surface area contributed by atoms with Crippen LogP contribution in [0.15, 0.2) is 24.3 Å². The van der Waals surface area contributed by atoms with E-state index >= 15 is 0 Å². The second kappa shape index (κ2) is 10.6. The molecule has 0 atom stereocenters. The lowest BCUT2D eigenvalue weighted by molar-refractivity contribution is -0.142. The summed E-state index contributed by atoms with van der Waals surface area (Å²) in [7, 11) is 1.36. The number of hydrogen-bond acceptors (Lipinski definition) is 4. The van der Waals surface area contributed by atoms with Gasteiger partial charge in [0.15, 0.2) is 0 Å². The van der Waals surface area contributed by atoms with E-state index in [1.807, 2.05) is 6.92 Å². The molecule has 0 saturated carbocycles. The Hall–Kier alpha value is -1.58. The molecule has 4 nitrogen and oxygen atoms in total. The second-order valence-corrected chi connectivity index (χ2v) is 4.08. The molecule has 0 aromatic heterocycles. The first-order valence-corrected chi connectivity index (χ1v) is 5.88. The van der Waals surface area contributed by atoms with Crippen molar-refractivity contribution < 1.29 is 19.1 Å². The average Bonchev–Trinajstić information content (AvgIpc) is 2.28. The van der Waals surface area contributed by atoms with Crippen LogP contribution in [0.2, 0.25) is 0 Å². The van der Waals surface area contributed by atoms with E-state index in [9.17, 15) is 9.59 Å². The Morgan fingerprint density at radius 3 is 1.89 bits per heavy atom. The molecule has 0 bridgehead atoms. The first-order chi connectivity index (χ1) is 8.26. The lowest BCUT2D eigenvalue weighted by Crippen LogP contribution is -2.11. The van der Waals surface area contributed by atoms with Gasteiger partial charge in [0.2, 0.25) is 0 Å². The average molecular weight is 256 g/mol. The third kappa shape index (κ3) is 10.9. The van der Waals surface area contributed by atoms with Gasteiger partial charge in [-0.25, -0.2) is 9.59 Å². The molecule has 18 heavy (non-hydrogen) atoms. The van der Waals surface area contributed by atoms with Crippen LogP contribution in [0, 0.1) is 0 Å². The van der Waals surface area contributed by atoms with Crippen LogP contribution in [0.3, 0.4) is 0 Å². The summed E-state index contributed by atoms with van der Waals surface area (Å²) >= 11 is 0. The number of rotatable bonds is 5. The molecule has 0 aromatic rings. The lowest BCUT2D eigenvalue weighted by Gasteiger charge is -2.05. The van der Waals surface area contributed by atoms with E-state index in [0.717, 1.165) is 12.8 Å². The van der Waals surface area contributed by atoms with Gasteiger partial charge >= 0.3 is 11.9 Å². The summed E-state index contributed by atoms with van der Waals surface area (Å²) in [6.07, 6.45) is 1.62. The molecule has 0 N–H and O–H groups in total. The van der Waals surface area contributed by atoms with Gasteiger partial charge in [-0.3, -0.25) is 0 Å². The van der Waals surface area contributed by atoms with Crippen molar-refractivity contribution in [1.29, 1.82) is 0 Å². The Morgan fingerprint density at radius 2 is 1.67 bits per heavy atom. The van der Waals surface area contributed by atoms with E-state index in [0.29, 0.717) is 11.1 Å². The van der Waals surface area contributed by atoms with Crippen LogP contribution in [0.4, 0.5) is 0 Å². The zero-order valence-corrected chi connectivity index (χ0v) is 12.0. The molecular formula is C14H24O4. The third-order valence-electron chi connectivity index (χ3n) is 1.72. The highest BCUT2D eigenvalue weighted by Gasteiger charge is 2.04. The molecule has 4 heteroatoms. The molecule has 104 valence electrons. The van der Waals surface area contributed by atoms with Crippen molar-refractivity contribution in [3.63, 3.8) is 0 Å². The van der Waals surface area contributed by atoms with Crippen LogP contribution in [0.1, 0.15) is 40.5 Å². The van der Waals surface area contributed by atoms with Crippen molar-refractivity contribution in [2.24, 2.45) is 0 Å². The number of ether oxygens (including phenoxy) is 2. The Kier molecular flexibility index (Phi) is 11.0. The summed E-state index contributed by atoms with van der Waals surface area (Å²) in [5, 5.41) is 0. The fourth-order valence-corrected chi connectivity index (χ4v) is 0.863. The Bertz CT molecular complexity index is 301. The van der Waals surface area contributed by atoms with Gasteiger partial charge in [0.05, 0.1) is 13.2 Å². The third-order valence-corrected chi connectivity index (χ3v) is 1.72. The zero-order valence-electron chi connectivity index (χ0n) is 12.0. The van der Waals surface area contributed by atoms with Crippen molar-refractivity contribution in [3.05, 3.63) is 24.3 Å². The molecule has 0 saturated heterocycles. The highest BCUT2D eigenvalue weighted by atomic mass is 16.5. The number of methoxy groups -OCH3 is 1. The number of carbonyl (C=O) groups is 2. The Labute approximate surface area is 110 Å². The molecule has 0 aliphatic heterocycles. The van der Waals surface area contributed by atoms with E-state index in [1.54, 1.807) is 20.8 Å². The number of esters is 2. The maximum Gasteiger partial charge on any atom is 0.333 e. The van der Waals surface area contributed by atoms with Crippen LogP contribution >= 0.6 is 0 Å². The minimum Gasteiger partial charge on any atom is -0.466 e. The normalized spacial score (nSPS) is 9.00. The van der Waals surface area contributed by atoms with Crippen LogP contribution < -0.4 is 0 Å². The molecule has 0 rings (SSSR count). The van der Waals surface area contributed by atoms with Crippen LogP contribution in [0.25, 0.3) is 0 Å². The molecular weight excluding hydrogens is 232 g/mol. The van der Waals surface area contributed by atoms with Gasteiger partial charge in [0, 0.05) is 11.1 Å². The molecule has 0 aromatic carbocycles. The van der Waals surface area contributed by atoms with E-state index in [1.165, 1.54) is 7.11 Å². The molecule has 0 amide bonds. The smallest absolute Gasteiger partial charge is 0.333 e. The molecule has 0 unspecified atom stereocenters. The highest BCUT2D eigenvalue weighted by molar-refractivity contribution is 5.87. The van der Waals surface area contributed by atoms with Gasteiger partial charge in [-0.1, -0.05) is 26.5 Å². The van der Waals surface area contributed by atoms with E-state index in [-0.39, 0.29) is 18.0 Å². The van der Waals surface area contributed by atoms with E-state index in [2.05, 4.69) is 17.9 Å². The van der Waals surface area contributed by atoms with E-state index in [4.69, 9.17) is 4.74 Å². The van der Waals surface area contributed by atoms with Crippen molar-refractivity contribution >= 4 is 11.9 Å². The molecule has 0 aliphatic carbocycles. The molecule has 0 spiro atoms. The maximum absolute atomic E-state index is 10.6. The predicted molar refractivity (Wildman–Crippen MR) is 72.1 cm³/mol. The first-order valence-electron chi connectivity index (χ1n) is 5.88. The SMILES string of the molecule is C=C(C)C(=O)OC(C)C.C=C(CCC)C(=O)OC. The maximum atomic E-state index is 10.6. The van der Waals surface area contributed by atoms with Gasteiger partial charge in [0.25, 0.3) is 0 Å². The predicted octanol–water partition coefficient (Wildman–Crippen LogP) is 3.03. The number of carbonyl (C=O) groups excluding carboxylic acids is 2. The lowest BCUT2D eigenvalue weighted by atomic mass is 10.2. The van der Waals surface area contributed by atoms with Gasteiger partial charge in [-0.05, 0) is 27.2 Å². The molecule has 0 fully saturated rings. The summed E-state index contributed by atoms with van der Waals surface area (Å²) in [4.78, 5) is 21.2. The summed E-state index contributed by atoms with van der Waals surface area (Å²) in [5.74, 6) is -0.609. The molecule has 0 aliphatic rings. The topological polar surface area (TPSA) is 52.6 Å². The van der Waals surface area contributed by atoms with Crippen LogP contribution in [-0.4, -0.2) is 25.2 Å². The minimum atomic E-state index is -0.315. The minimum absolute atomic E-state index is 0.0470. The van der Waals surface area contributed by atoms with Gasteiger partial charge in [-0.2, -0.15) is 0 Å². The summed E-state index contributed by atoms with van der Waals surface area (Å²) in [6, 6.07) is 0. The zero-order chi connectivity index (χ0) is 14.7. The first kappa shape index (κ1) is 18.8. The Morgan fingerprint density at radius 1 is 1.17 bits per heavy atom. The molecule has 0 heterocycles. The summed E-state index contributed by atoms with van der Waals surface area (Å²) in [6.45, 7) is 14.2. The van der Waals surface area contributed by atoms with Gasteiger partial charge in [0.1, 0.15) is 0 Å². The van der Waals surface area contributed by atoms with Crippen LogP contribution in [0.5, 0.6) is 0 Å². The van der Waals surface area contributed by atoms with Crippen molar-refractivity contribution in [2.45, 2.75) is 46.6 Å². The largest absolute Gasteiger partial charge is 0.466 e. The van der Waals surface area contributed by atoms with Crippen molar-refractivity contribution in [2.75, 3.05) is 7.11 Å². The number of hydrogen-bond donors (Lipinski definition) is 0. The van der Waals surface area contributed by atoms with Crippen LogP contribution in [-0.2, 0) is 19.1 Å². The fourth-order valence-electron chi connectivity index (χ4n) is 0.863. The summed E-state index contributed by atoms with van der Waals surface area (Å²) < 4.78 is 9.20. The fraction of sp³-hybridized carbons (Fsp3) is 0.571.